The maximum atomic E-state index is 4.10. The summed E-state index contributed by atoms with van der Waals surface area (Å²) >= 11 is 0. The topological polar surface area (TPSA) is 24.9 Å². The maximum Gasteiger partial charge on any atom is 0.0270 e. The molecule has 2 heteroatoms. The molecule has 1 heterocycles. The number of hydrogen-bond donors (Lipinski definition) is 1. The van der Waals surface area contributed by atoms with Gasteiger partial charge in [0.05, 0.1) is 0 Å². The van der Waals surface area contributed by atoms with Crippen molar-refractivity contribution in [3.8, 4) is 0 Å². The fraction of sp³-hybridized carbons (Fsp3) is 0.750. The van der Waals surface area contributed by atoms with Crippen LogP contribution in [-0.4, -0.2) is 17.6 Å². The van der Waals surface area contributed by atoms with Crippen molar-refractivity contribution in [1.29, 1.82) is 0 Å². The molecule has 0 saturated heterocycles. The summed E-state index contributed by atoms with van der Waals surface area (Å²) in [5.41, 5.74) is 1.41. The Balaban J connectivity index is 2.16. The van der Waals surface area contributed by atoms with E-state index in [1.54, 1.807) is 0 Å². The molecule has 0 bridgehead atoms. The zero-order valence-electron chi connectivity index (χ0n) is 14.8. The number of aromatic nitrogens is 1. The van der Waals surface area contributed by atoms with Gasteiger partial charge in [0, 0.05) is 18.4 Å². The van der Waals surface area contributed by atoms with E-state index in [4.69, 9.17) is 0 Å². The molecule has 1 rings (SSSR count). The lowest BCUT2D eigenvalue weighted by Gasteiger charge is -2.18. The fourth-order valence-corrected chi connectivity index (χ4v) is 2.94. The number of hydrogen-bond acceptors (Lipinski definition) is 2. The minimum absolute atomic E-state index is 0.684. The van der Waals surface area contributed by atoms with E-state index in [1.165, 1.54) is 76.2 Å². The Hall–Kier alpha value is -0.890. The molecule has 0 aliphatic heterocycles. The number of nitrogens with one attached hydrogen (secondary N) is 1. The number of rotatable bonds is 14. The Bertz CT molecular complexity index is 337. The molecule has 126 valence electrons. The van der Waals surface area contributed by atoms with E-state index < -0.39 is 0 Å². The highest BCUT2D eigenvalue weighted by Gasteiger charge is 2.07. The number of pyridine rings is 1. The van der Waals surface area contributed by atoms with Crippen LogP contribution in [0.4, 0.5) is 0 Å². The second-order valence-electron chi connectivity index (χ2n) is 6.46. The Kier molecular flexibility index (Phi) is 12.0. The molecule has 0 spiro atoms. The lowest BCUT2D eigenvalue weighted by molar-refractivity contribution is 0.430. The van der Waals surface area contributed by atoms with Crippen LogP contribution in [0.15, 0.2) is 24.5 Å². The summed E-state index contributed by atoms with van der Waals surface area (Å²) in [6, 6.07) is 4.97. The van der Waals surface area contributed by atoms with Crippen molar-refractivity contribution in [2.24, 2.45) is 0 Å². The van der Waals surface area contributed by atoms with Crippen LogP contribution in [0.2, 0.25) is 0 Å². The number of unbranched alkanes of at least 4 members (excludes halogenated alkanes) is 6. The molecular formula is C20H36N2. The summed E-state index contributed by atoms with van der Waals surface area (Å²) in [5.74, 6) is 0. The van der Waals surface area contributed by atoms with E-state index in [0.29, 0.717) is 6.04 Å². The largest absolute Gasteiger partial charge is 0.314 e. The van der Waals surface area contributed by atoms with Crippen molar-refractivity contribution in [2.45, 2.75) is 90.5 Å². The molecule has 0 aliphatic carbocycles. The Morgan fingerprint density at radius 1 is 0.864 bits per heavy atom. The zero-order valence-corrected chi connectivity index (χ0v) is 14.8. The van der Waals surface area contributed by atoms with Crippen molar-refractivity contribution in [3.63, 3.8) is 0 Å². The highest BCUT2D eigenvalue weighted by atomic mass is 14.9. The summed E-state index contributed by atoms with van der Waals surface area (Å²) in [4.78, 5) is 4.10. The second-order valence-corrected chi connectivity index (χ2v) is 6.46. The Morgan fingerprint density at radius 2 is 1.55 bits per heavy atom. The van der Waals surface area contributed by atoms with Gasteiger partial charge in [0.1, 0.15) is 0 Å². The molecule has 0 radical (unpaired) electrons. The van der Waals surface area contributed by atoms with E-state index >= 15 is 0 Å². The van der Waals surface area contributed by atoms with Gasteiger partial charge in [0.15, 0.2) is 0 Å². The molecule has 0 aliphatic rings. The molecule has 0 fully saturated rings. The van der Waals surface area contributed by atoms with Crippen molar-refractivity contribution >= 4 is 0 Å². The van der Waals surface area contributed by atoms with Gasteiger partial charge >= 0.3 is 0 Å². The third kappa shape index (κ3) is 9.94. The Labute approximate surface area is 138 Å². The molecular weight excluding hydrogens is 268 g/mol. The third-order valence-electron chi connectivity index (χ3n) is 4.37. The van der Waals surface area contributed by atoms with E-state index in [0.717, 1.165) is 6.54 Å². The molecule has 22 heavy (non-hydrogen) atoms. The minimum Gasteiger partial charge on any atom is -0.314 e. The first kappa shape index (κ1) is 19.2. The van der Waals surface area contributed by atoms with Crippen LogP contribution in [0.25, 0.3) is 0 Å². The second kappa shape index (κ2) is 13.8. The molecule has 2 nitrogen and oxygen atoms in total. The van der Waals surface area contributed by atoms with Gasteiger partial charge in [-0.3, -0.25) is 4.98 Å². The van der Waals surface area contributed by atoms with Crippen LogP contribution < -0.4 is 5.32 Å². The van der Waals surface area contributed by atoms with Crippen molar-refractivity contribution in [1.82, 2.24) is 10.3 Å². The van der Waals surface area contributed by atoms with Crippen LogP contribution in [0, 0.1) is 0 Å². The van der Waals surface area contributed by atoms with Gasteiger partial charge in [-0.1, -0.05) is 58.8 Å². The average Bonchev–Trinajstić information content (AvgIpc) is 2.56. The molecule has 1 aromatic heterocycles. The first-order valence-corrected chi connectivity index (χ1v) is 9.49. The summed E-state index contributed by atoms with van der Waals surface area (Å²) < 4.78 is 0. The molecule has 0 amide bonds. The molecule has 0 aromatic carbocycles. The van der Waals surface area contributed by atoms with Crippen LogP contribution in [0.1, 0.15) is 83.6 Å². The first-order valence-electron chi connectivity index (χ1n) is 9.49. The van der Waals surface area contributed by atoms with Gasteiger partial charge < -0.3 is 5.32 Å². The summed E-state index contributed by atoms with van der Waals surface area (Å²) in [6.07, 6.45) is 18.6. The quantitative estimate of drug-likeness (QED) is 0.457. The lowest BCUT2D eigenvalue weighted by Crippen LogP contribution is -2.30. The SMILES string of the molecule is CCCCCCCCCC(CCc1ccncc1)NCCC. The van der Waals surface area contributed by atoms with E-state index in [1.807, 2.05) is 12.4 Å². The van der Waals surface area contributed by atoms with Crippen molar-refractivity contribution in [2.75, 3.05) is 6.54 Å². The smallest absolute Gasteiger partial charge is 0.0270 e. The predicted octanol–water partition coefficient (Wildman–Crippen LogP) is 5.52. The van der Waals surface area contributed by atoms with E-state index in [9.17, 15) is 0 Å². The van der Waals surface area contributed by atoms with Gasteiger partial charge in [-0.2, -0.15) is 0 Å². The van der Waals surface area contributed by atoms with Crippen LogP contribution >= 0.6 is 0 Å². The maximum absolute atomic E-state index is 4.10. The van der Waals surface area contributed by atoms with Crippen LogP contribution in [-0.2, 0) is 6.42 Å². The van der Waals surface area contributed by atoms with Crippen LogP contribution in [0.3, 0.4) is 0 Å². The minimum atomic E-state index is 0.684. The van der Waals surface area contributed by atoms with Crippen molar-refractivity contribution < 1.29 is 0 Å². The molecule has 1 unspecified atom stereocenters. The van der Waals surface area contributed by atoms with Crippen LogP contribution in [0.5, 0.6) is 0 Å². The standard InChI is InChI=1S/C20H36N2/c1-3-5-6-7-8-9-10-11-20(22-16-4-2)13-12-19-14-17-21-18-15-19/h14-15,17-18,20,22H,3-13,16H2,1-2H3. The highest BCUT2D eigenvalue weighted by molar-refractivity contribution is 5.09. The summed E-state index contributed by atoms with van der Waals surface area (Å²) in [7, 11) is 0. The monoisotopic (exact) mass is 304 g/mol. The third-order valence-corrected chi connectivity index (χ3v) is 4.37. The molecule has 1 N–H and O–H groups in total. The number of nitrogens with zero attached hydrogens (tertiary/aromatic N) is 1. The van der Waals surface area contributed by atoms with Gasteiger partial charge in [0.25, 0.3) is 0 Å². The Morgan fingerprint density at radius 3 is 2.23 bits per heavy atom. The molecule has 1 aromatic rings. The molecule has 1 atom stereocenters. The fourth-order valence-electron chi connectivity index (χ4n) is 2.94. The van der Waals surface area contributed by atoms with Crippen molar-refractivity contribution in [3.05, 3.63) is 30.1 Å². The zero-order chi connectivity index (χ0) is 15.9. The molecule has 0 saturated carbocycles. The highest BCUT2D eigenvalue weighted by Crippen LogP contribution is 2.13. The first-order chi connectivity index (χ1) is 10.9. The predicted molar refractivity (Wildman–Crippen MR) is 97.2 cm³/mol. The van der Waals surface area contributed by atoms with Gasteiger partial charge in [-0.15, -0.1) is 0 Å². The summed E-state index contributed by atoms with van der Waals surface area (Å²) in [5, 5.41) is 3.74. The van der Waals surface area contributed by atoms with E-state index in [2.05, 4.69) is 36.3 Å². The van der Waals surface area contributed by atoms with Gasteiger partial charge in [-0.25, -0.2) is 0 Å². The van der Waals surface area contributed by atoms with Gasteiger partial charge in [0.2, 0.25) is 0 Å². The normalized spacial score (nSPS) is 12.5. The number of aryl methyl sites for hydroxylation is 1. The van der Waals surface area contributed by atoms with E-state index in [-0.39, 0.29) is 0 Å². The lowest BCUT2D eigenvalue weighted by atomic mass is 10.00. The van der Waals surface area contributed by atoms with Gasteiger partial charge in [-0.05, 0) is 49.9 Å². The summed E-state index contributed by atoms with van der Waals surface area (Å²) in [6.45, 7) is 5.69. The average molecular weight is 305 g/mol.